The fourth-order valence-electron chi connectivity index (χ4n) is 1.42. The Morgan fingerprint density at radius 1 is 1.41 bits per heavy atom. The molecule has 0 saturated heterocycles. The maximum atomic E-state index is 11.7. The number of carbonyl (C=O) groups is 2. The highest BCUT2D eigenvalue weighted by atomic mass is 16.4. The number of aliphatic carboxylic acids is 1. The quantitative estimate of drug-likeness (QED) is 0.668. The summed E-state index contributed by atoms with van der Waals surface area (Å²) in [6.45, 7) is 1.88. The van der Waals surface area contributed by atoms with Crippen molar-refractivity contribution in [1.29, 1.82) is 0 Å². The van der Waals surface area contributed by atoms with Crippen LogP contribution < -0.4 is 11.1 Å². The van der Waals surface area contributed by atoms with Crippen LogP contribution in [0.1, 0.15) is 23.7 Å². The highest BCUT2D eigenvalue weighted by molar-refractivity contribution is 5.99. The average Bonchev–Trinajstić information content (AvgIpc) is 2.29. The molecule has 0 spiro atoms. The molecule has 1 atom stereocenters. The number of carbonyl (C=O) groups excluding carboxylic acids is 1. The third-order valence-electron chi connectivity index (χ3n) is 2.56. The molecule has 0 saturated carbocycles. The van der Waals surface area contributed by atoms with E-state index in [-0.39, 0.29) is 12.5 Å². The maximum absolute atomic E-state index is 11.7. The SMILES string of the molecule is CCC(CNC(=O)c1ccccc1N)C(=O)O. The zero-order valence-corrected chi connectivity index (χ0v) is 9.64. The zero-order valence-electron chi connectivity index (χ0n) is 9.64. The van der Waals surface area contributed by atoms with Crippen molar-refractivity contribution in [3.05, 3.63) is 29.8 Å². The first-order valence-corrected chi connectivity index (χ1v) is 5.41. The van der Waals surface area contributed by atoms with E-state index in [9.17, 15) is 9.59 Å². The Labute approximate surface area is 99.6 Å². The van der Waals surface area contributed by atoms with E-state index in [1.54, 1.807) is 31.2 Å². The van der Waals surface area contributed by atoms with Crippen LogP contribution in [0.3, 0.4) is 0 Å². The van der Waals surface area contributed by atoms with Gasteiger partial charge in [0.25, 0.3) is 5.91 Å². The molecular weight excluding hydrogens is 220 g/mol. The summed E-state index contributed by atoms with van der Waals surface area (Å²) in [6.07, 6.45) is 0.472. The van der Waals surface area contributed by atoms with Crippen LogP contribution in [0, 0.1) is 5.92 Å². The van der Waals surface area contributed by atoms with Crippen LogP contribution in [0.15, 0.2) is 24.3 Å². The number of carboxylic acid groups (broad SMARTS) is 1. The van der Waals surface area contributed by atoms with Crippen LogP contribution in [0.5, 0.6) is 0 Å². The molecule has 0 heterocycles. The van der Waals surface area contributed by atoms with E-state index < -0.39 is 11.9 Å². The van der Waals surface area contributed by atoms with Crippen molar-refractivity contribution < 1.29 is 14.7 Å². The largest absolute Gasteiger partial charge is 0.481 e. The molecule has 0 aromatic heterocycles. The van der Waals surface area contributed by atoms with E-state index in [2.05, 4.69) is 5.32 Å². The van der Waals surface area contributed by atoms with E-state index in [0.29, 0.717) is 17.7 Å². The molecule has 1 rings (SSSR count). The summed E-state index contributed by atoms with van der Waals surface area (Å²) in [5, 5.41) is 11.4. The summed E-state index contributed by atoms with van der Waals surface area (Å²) in [6, 6.07) is 6.67. The van der Waals surface area contributed by atoms with E-state index >= 15 is 0 Å². The van der Waals surface area contributed by atoms with Crippen LogP contribution >= 0.6 is 0 Å². The fourth-order valence-corrected chi connectivity index (χ4v) is 1.42. The Balaban J connectivity index is 2.62. The summed E-state index contributed by atoms with van der Waals surface area (Å²) in [5.41, 5.74) is 6.39. The molecule has 4 N–H and O–H groups in total. The number of hydrogen-bond donors (Lipinski definition) is 3. The summed E-state index contributed by atoms with van der Waals surface area (Å²) in [4.78, 5) is 22.5. The van der Waals surface area contributed by atoms with Crippen LogP contribution in [-0.2, 0) is 4.79 Å². The van der Waals surface area contributed by atoms with Gasteiger partial charge in [-0.05, 0) is 18.6 Å². The van der Waals surface area contributed by atoms with E-state index in [1.807, 2.05) is 0 Å². The van der Waals surface area contributed by atoms with Crippen LogP contribution in [0.4, 0.5) is 5.69 Å². The van der Waals surface area contributed by atoms with Gasteiger partial charge in [-0.15, -0.1) is 0 Å². The van der Waals surface area contributed by atoms with Crippen molar-refractivity contribution in [1.82, 2.24) is 5.32 Å². The first kappa shape index (κ1) is 13.0. The lowest BCUT2D eigenvalue weighted by Gasteiger charge is -2.11. The standard InChI is InChI=1S/C12H16N2O3/c1-2-8(12(16)17)7-14-11(15)9-5-3-4-6-10(9)13/h3-6,8H,2,7,13H2,1H3,(H,14,15)(H,16,17). The number of amides is 1. The molecule has 92 valence electrons. The lowest BCUT2D eigenvalue weighted by atomic mass is 10.1. The fraction of sp³-hybridized carbons (Fsp3) is 0.333. The smallest absolute Gasteiger partial charge is 0.308 e. The first-order chi connectivity index (χ1) is 8.06. The Morgan fingerprint density at radius 2 is 2.06 bits per heavy atom. The second-order valence-electron chi connectivity index (χ2n) is 3.74. The van der Waals surface area contributed by atoms with Crippen molar-refractivity contribution >= 4 is 17.6 Å². The van der Waals surface area contributed by atoms with Crippen molar-refractivity contribution in [2.24, 2.45) is 5.92 Å². The minimum Gasteiger partial charge on any atom is -0.481 e. The van der Waals surface area contributed by atoms with Gasteiger partial charge in [-0.1, -0.05) is 19.1 Å². The van der Waals surface area contributed by atoms with Crippen molar-refractivity contribution in [2.45, 2.75) is 13.3 Å². The number of benzene rings is 1. The average molecular weight is 236 g/mol. The van der Waals surface area contributed by atoms with E-state index in [0.717, 1.165) is 0 Å². The Bertz CT molecular complexity index is 418. The van der Waals surface area contributed by atoms with Crippen molar-refractivity contribution in [2.75, 3.05) is 12.3 Å². The molecule has 17 heavy (non-hydrogen) atoms. The highest BCUT2D eigenvalue weighted by Gasteiger charge is 2.17. The number of nitrogen functional groups attached to an aromatic ring is 1. The van der Waals surface area contributed by atoms with Gasteiger partial charge in [-0.2, -0.15) is 0 Å². The summed E-state index contributed by atoms with van der Waals surface area (Å²) >= 11 is 0. The van der Waals surface area contributed by atoms with Gasteiger partial charge in [0.1, 0.15) is 0 Å². The number of nitrogens with one attached hydrogen (secondary N) is 1. The molecule has 0 fully saturated rings. The molecule has 5 nitrogen and oxygen atoms in total. The second kappa shape index (κ2) is 5.89. The Morgan fingerprint density at radius 3 is 2.59 bits per heavy atom. The van der Waals surface area contributed by atoms with Crippen molar-refractivity contribution in [3.63, 3.8) is 0 Å². The monoisotopic (exact) mass is 236 g/mol. The predicted octanol–water partition coefficient (Wildman–Crippen LogP) is 1.11. The lowest BCUT2D eigenvalue weighted by molar-refractivity contribution is -0.141. The number of carboxylic acids is 1. The van der Waals surface area contributed by atoms with Gasteiger partial charge in [0.05, 0.1) is 11.5 Å². The summed E-state index contributed by atoms with van der Waals surface area (Å²) in [5.74, 6) is -1.82. The van der Waals surface area contributed by atoms with Crippen molar-refractivity contribution in [3.8, 4) is 0 Å². The number of nitrogens with two attached hydrogens (primary N) is 1. The molecule has 0 aliphatic rings. The topological polar surface area (TPSA) is 92.4 Å². The maximum Gasteiger partial charge on any atom is 0.308 e. The molecule has 1 aromatic rings. The third kappa shape index (κ3) is 3.48. The molecule has 1 amide bonds. The Kier molecular flexibility index (Phi) is 4.51. The molecule has 0 aliphatic carbocycles. The Hall–Kier alpha value is -2.04. The van der Waals surface area contributed by atoms with E-state index in [4.69, 9.17) is 10.8 Å². The van der Waals surface area contributed by atoms with Gasteiger partial charge in [0.2, 0.25) is 0 Å². The van der Waals surface area contributed by atoms with E-state index in [1.165, 1.54) is 0 Å². The number of para-hydroxylation sites is 1. The van der Waals surface area contributed by atoms with Gasteiger partial charge in [0.15, 0.2) is 0 Å². The lowest BCUT2D eigenvalue weighted by Crippen LogP contribution is -2.32. The molecule has 1 aromatic carbocycles. The van der Waals surface area contributed by atoms with Crippen LogP contribution in [-0.4, -0.2) is 23.5 Å². The number of anilines is 1. The normalized spacial score (nSPS) is 11.8. The molecule has 0 radical (unpaired) electrons. The first-order valence-electron chi connectivity index (χ1n) is 5.41. The third-order valence-corrected chi connectivity index (χ3v) is 2.56. The minimum atomic E-state index is -0.908. The highest BCUT2D eigenvalue weighted by Crippen LogP contribution is 2.10. The summed E-state index contributed by atoms with van der Waals surface area (Å²) in [7, 11) is 0. The molecule has 0 bridgehead atoms. The van der Waals surface area contributed by atoms with Gasteiger partial charge < -0.3 is 16.2 Å². The second-order valence-corrected chi connectivity index (χ2v) is 3.74. The van der Waals surface area contributed by atoms with Gasteiger partial charge in [-0.25, -0.2) is 0 Å². The van der Waals surface area contributed by atoms with Crippen LogP contribution in [0.2, 0.25) is 0 Å². The molecule has 5 heteroatoms. The van der Waals surface area contributed by atoms with Gasteiger partial charge in [0, 0.05) is 12.2 Å². The van der Waals surface area contributed by atoms with Crippen LogP contribution in [0.25, 0.3) is 0 Å². The molecular formula is C12H16N2O3. The molecule has 0 aliphatic heterocycles. The number of rotatable bonds is 5. The summed E-state index contributed by atoms with van der Waals surface area (Å²) < 4.78 is 0. The van der Waals surface area contributed by atoms with Gasteiger partial charge in [-0.3, -0.25) is 9.59 Å². The molecule has 1 unspecified atom stereocenters. The number of hydrogen-bond acceptors (Lipinski definition) is 3. The minimum absolute atomic E-state index is 0.110. The van der Waals surface area contributed by atoms with Gasteiger partial charge >= 0.3 is 5.97 Å². The zero-order chi connectivity index (χ0) is 12.8. The predicted molar refractivity (Wildman–Crippen MR) is 64.6 cm³/mol.